The number of aryl methyl sites for hydroxylation is 1. The molecular formula is C12H18BrNO2. The van der Waals surface area contributed by atoms with Gasteiger partial charge in [0.1, 0.15) is 5.76 Å². The monoisotopic (exact) mass is 287 g/mol. The highest BCUT2D eigenvalue weighted by molar-refractivity contribution is 9.09. The van der Waals surface area contributed by atoms with Crippen molar-refractivity contribution in [3.05, 3.63) is 23.7 Å². The van der Waals surface area contributed by atoms with Crippen molar-refractivity contribution in [2.24, 2.45) is 0 Å². The van der Waals surface area contributed by atoms with Gasteiger partial charge in [0.2, 0.25) is 0 Å². The second-order valence-corrected chi connectivity index (χ2v) is 4.96. The maximum atomic E-state index is 11.6. The van der Waals surface area contributed by atoms with Gasteiger partial charge in [0.25, 0.3) is 5.91 Å². The zero-order chi connectivity index (χ0) is 12.0. The lowest BCUT2D eigenvalue weighted by Gasteiger charge is -2.06. The SMILES string of the molecule is CCc1ccc(C(=O)NCCC(Br)CC)o1. The first-order chi connectivity index (χ1) is 7.67. The number of furan rings is 1. The van der Waals surface area contributed by atoms with Crippen LogP contribution in [0.15, 0.2) is 16.5 Å². The van der Waals surface area contributed by atoms with Crippen LogP contribution in [0.1, 0.15) is 43.0 Å². The highest BCUT2D eigenvalue weighted by atomic mass is 79.9. The quantitative estimate of drug-likeness (QED) is 0.817. The van der Waals surface area contributed by atoms with Crippen LogP contribution in [0.4, 0.5) is 0 Å². The van der Waals surface area contributed by atoms with Crippen molar-refractivity contribution in [1.29, 1.82) is 0 Å². The summed E-state index contributed by atoms with van der Waals surface area (Å²) in [7, 11) is 0. The van der Waals surface area contributed by atoms with Crippen molar-refractivity contribution in [3.8, 4) is 0 Å². The molecular weight excluding hydrogens is 270 g/mol. The normalized spacial score (nSPS) is 12.4. The van der Waals surface area contributed by atoms with Gasteiger partial charge in [0, 0.05) is 17.8 Å². The van der Waals surface area contributed by atoms with Crippen LogP contribution in [-0.4, -0.2) is 17.3 Å². The highest BCUT2D eigenvalue weighted by Gasteiger charge is 2.10. The lowest BCUT2D eigenvalue weighted by molar-refractivity contribution is 0.0924. The number of carbonyl (C=O) groups excluding carboxylic acids is 1. The maximum absolute atomic E-state index is 11.6. The minimum Gasteiger partial charge on any atom is -0.456 e. The standard InChI is InChI=1S/C12H18BrNO2/c1-3-9(13)7-8-14-12(15)11-6-5-10(4-2)16-11/h5-6,9H,3-4,7-8H2,1-2H3,(H,14,15). The summed E-state index contributed by atoms with van der Waals surface area (Å²) in [4.78, 5) is 12.1. The number of hydrogen-bond acceptors (Lipinski definition) is 2. The topological polar surface area (TPSA) is 42.2 Å². The van der Waals surface area contributed by atoms with E-state index >= 15 is 0 Å². The molecule has 0 saturated carbocycles. The number of alkyl halides is 1. The molecule has 0 bridgehead atoms. The average molecular weight is 288 g/mol. The van der Waals surface area contributed by atoms with Gasteiger partial charge in [-0.05, 0) is 25.0 Å². The predicted octanol–water partition coefficient (Wildman–Crippen LogP) is 3.14. The number of amides is 1. The van der Waals surface area contributed by atoms with E-state index in [4.69, 9.17) is 4.42 Å². The second kappa shape index (κ2) is 6.74. The van der Waals surface area contributed by atoms with Crippen molar-refractivity contribution >= 4 is 21.8 Å². The first-order valence-electron chi connectivity index (χ1n) is 5.68. The maximum Gasteiger partial charge on any atom is 0.286 e. The Hall–Kier alpha value is -0.770. The van der Waals surface area contributed by atoms with Crippen LogP contribution in [0.5, 0.6) is 0 Å². The van der Waals surface area contributed by atoms with Crippen LogP contribution in [0.2, 0.25) is 0 Å². The van der Waals surface area contributed by atoms with E-state index < -0.39 is 0 Å². The molecule has 0 fully saturated rings. The van der Waals surface area contributed by atoms with E-state index in [2.05, 4.69) is 28.2 Å². The molecule has 1 unspecified atom stereocenters. The molecule has 0 aliphatic rings. The van der Waals surface area contributed by atoms with Gasteiger partial charge < -0.3 is 9.73 Å². The van der Waals surface area contributed by atoms with E-state index in [1.807, 2.05) is 13.0 Å². The van der Waals surface area contributed by atoms with Gasteiger partial charge in [-0.3, -0.25) is 4.79 Å². The lowest BCUT2D eigenvalue weighted by Crippen LogP contribution is -2.25. The third-order valence-electron chi connectivity index (χ3n) is 2.42. The van der Waals surface area contributed by atoms with Crippen LogP contribution in [0.3, 0.4) is 0 Å². The Morgan fingerprint density at radius 1 is 1.50 bits per heavy atom. The molecule has 1 rings (SSSR count). The van der Waals surface area contributed by atoms with Crippen molar-refractivity contribution in [2.75, 3.05) is 6.54 Å². The number of hydrogen-bond donors (Lipinski definition) is 1. The van der Waals surface area contributed by atoms with E-state index in [-0.39, 0.29) is 5.91 Å². The number of carbonyl (C=O) groups is 1. The van der Waals surface area contributed by atoms with Gasteiger partial charge in [-0.15, -0.1) is 0 Å². The molecule has 1 aromatic rings. The summed E-state index contributed by atoms with van der Waals surface area (Å²) >= 11 is 3.52. The van der Waals surface area contributed by atoms with E-state index in [1.165, 1.54) is 0 Å². The van der Waals surface area contributed by atoms with Gasteiger partial charge in [0.15, 0.2) is 5.76 Å². The van der Waals surface area contributed by atoms with Gasteiger partial charge >= 0.3 is 0 Å². The third-order valence-corrected chi connectivity index (χ3v) is 3.53. The van der Waals surface area contributed by atoms with E-state index in [1.54, 1.807) is 6.07 Å². The summed E-state index contributed by atoms with van der Waals surface area (Å²) < 4.78 is 5.35. The molecule has 0 aromatic carbocycles. The summed E-state index contributed by atoms with van der Waals surface area (Å²) in [5.41, 5.74) is 0. The fourth-order valence-electron chi connectivity index (χ4n) is 1.32. The molecule has 0 aliphatic heterocycles. The minimum absolute atomic E-state index is 0.129. The minimum atomic E-state index is -0.129. The third kappa shape index (κ3) is 4.00. The molecule has 1 heterocycles. The molecule has 0 saturated heterocycles. The first kappa shape index (κ1) is 13.3. The summed E-state index contributed by atoms with van der Waals surface area (Å²) in [6.45, 7) is 4.78. The Balaban J connectivity index is 2.35. The molecule has 0 radical (unpaired) electrons. The van der Waals surface area contributed by atoms with E-state index in [0.717, 1.165) is 25.0 Å². The van der Waals surface area contributed by atoms with Crippen LogP contribution in [-0.2, 0) is 6.42 Å². The molecule has 90 valence electrons. The zero-order valence-electron chi connectivity index (χ0n) is 9.75. The van der Waals surface area contributed by atoms with Gasteiger partial charge in [0.05, 0.1) is 0 Å². The van der Waals surface area contributed by atoms with Gasteiger partial charge in [-0.25, -0.2) is 0 Å². The van der Waals surface area contributed by atoms with Crippen LogP contribution in [0.25, 0.3) is 0 Å². The Morgan fingerprint density at radius 2 is 2.25 bits per heavy atom. The second-order valence-electron chi connectivity index (χ2n) is 3.67. The molecule has 0 aliphatic carbocycles. The van der Waals surface area contributed by atoms with E-state index in [9.17, 15) is 4.79 Å². The van der Waals surface area contributed by atoms with Gasteiger partial charge in [-0.2, -0.15) is 0 Å². The number of halogens is 1. The smallest absolute Gasteiger partial charge is 0.286 e. The molecule has 1 N–H and O–H groups in total. The Bertz CT molecular complexity index is 336. The summed E-state index contributed by atoms with van der Waals surface area (Å²) in [5.74, 6) is 1.12. The van der Waals surface area contributed by atoms with E-state index in [0.29, 0.717) is 17.1 Å². The number of rotatable bonds is 6. The first-order valence-corrected chi connectivity index (χ1v) is 6.59. The number of nitrogens with one attached hydrogen (secondary N) is 1. The lowest BCUT2D eigenvalue weighted by atomic mass is 10.2. The molecule has 16 heavy (non-hydrogen) atoms. The fourth-order valence-corrected chi connectivity index (χ4v) is 1.55. The Morgan fingerprint density at radius 3 is 2.81 bits per heavy atom. The summed E-state index contributed by atoms with van der Waals surface area (Å²) in [6, 6.07) is 3.56. The zero-order valence-corrected chi connectivity index (χ0v) is 11.3. The molecule has 1 atom stereocenters. The fraction of sp³-hybridized carbons (Fsp3) is 0.583. The molecule has 1 amide bonds. The molecule has 0 spiro atoms. The highest BCUT2D eigenvalue weighted by Crippen LogP contribution is 2.10. The summed E-state index contributed by atoms with van der Waals surface area (Å²) in [6.07, 6.45) is 2.81. The molecule has 3 nitrogen and oxygen atoms in total. The predicted molar refractivity (Wildman–Crippen MR) is 68.0 cm³/mol. The van der Waals surface area contributed by atoms with Gasteiger partial charge in [-0.1, -0.05) is 29.8 Å². The van der Waals surface area contributed by atoms with Crippen LogP contribution < -0.4 is 5.32 Å². The Kier molecular flexibility index (Phi) is 5.60. The van der Waals surface area contributed by atoms with Crippen LogP contribution in [0, 0.1) is 0 Å². The average Bonchev–Trinajstić information content (AvgIpc) is 2.77. The molecule has 1 aromatic heterocycles. The largest absolute Gasteiger partial charge is 0.456 e. The molecule has 4 heteroatoms. The Labute approximate surface area is 105 Å². The van der Waals surface area contributed by atoms with Crippen LogP contribution >= 0.6 is 15.9 Å². The van der Waals surface area contributed by atoms with Crippen molar-refractivity contribution in [2.45, 2.75) is 37.9 Å². The van der Waals surface area contributed by atoms with Crippen molar-refractivity contribution in [3.63, 3.8) is 0 Å². The summed E-state index contributed by atoms with van der Waals surface area (Å²) in [5, 5.41) is 2.84. The van der Waals surface area contributed by atoms with Crippen molar-refractivity contribution in [1.82, 2.24) is 5.32 Å². The van der Waals surface area contributed by atoms with Crippen molar-refractivity contribution < 1.29 is 9.21 Å².